The molecule has 1 aliphatic carbocycles. The van der Waals surface area contributed by atoms with Gasteiger partial charge in [-0.2, -0.15) is 0 Å². The van der Waals surface area contributed by atoms with E-state index >= 15 is 0 Å². The molecule has 1 fully saturated rings. The van der Waals surface area contributed by atoms with Crippen LogP contribution in [0.1, 0.15) is 52.4 Å². The van der Waals surface area contributed by atoms with E-state index in [0.29, 0.717) is 6.04 Å². The van der Waals surface area contributed by atoms with Gasteiger partial charge in [0.15, 0.2) is 11.6 Å². The number of ether oxygens (including phenoxy) is 1. The van der Waals surface area contributed by atoms with Gasteiger partial charge in [-0.3, -0.25) is 0 Å². The lowest BCUT2D eigenvalue weighted by molar-refractivity contribution is 0.242. The Morgan fingerprint density at radius 2 is 1.94 bits per heavy atom. The molecule has 1 aromatic rings. The predicted octanol–water partition coefficient (Wildman–Crippen LogP) is 4.00. The van der Waals surface area contributed by atoms with E-state index in [4.69, 9.17) is 4.74 Å². The maximum Gasteiger partial charge on any atom is 0.168 e. The molecular formula is C15H24N2O. The summed E-state index contributed by atoms with van der Waals surface area (Å²) >= 11 is 0. The Bertz CT molecular complexity index is 357. The van der Waals surface area contributed by atoms with E-state index in [-0.39, 0.29) is 6.10 Å². The van der Waals surface area contributed by atoms with Crippen molar-refractivity contribution in [3.63, 3.8) is 0 Å². The molecule has 1 aliphatic rings. The normalized spacial score (nSPS) is 17.5. The van der Waals surface area contributed by atoms with Gasteiger partial charge >= 0.3 is 0 Å². The molecule has 0 bridgehead atoms. The first-order valence-corrected chi connectivity index (χ1v) is 7.14. The number of aromatic nitrogens is 1. The van der Waals surface area contributed by atoms with Gasteiger partial charge in [0.05, 0.1) is 6.10 Å². The number of hydrogen-bond donors (Lipinski definition) is 1. The summed E-state index contributed by atoms with van der Waals surface area (Å²) in [5.74, 6) is 1.77. The van der Waals surface area contributed by atoms with Crippen LogP contribution in [0.3, 0.4) is 0 Å². The van der Waals surface area contributed by atoms with Crippen molar-refractivity contribution in [1.82, 2.24) is 4.98 Å². The van der Waals surface area contributed by atoms with Crippen LogP contribution >= 0.6 is 0 Å². The molecule has 0 radical (unpaired) electrons. The van der Waals surface area contributed by atoms with Crippen molar-refractivity contribution in [2.75, 3.05) is 5.32 Å². The van der Waals surface area contributed by atoms with Crippen molar-refractivity contribution in [2.45, 2.75) is 64.5 Å². The number of rotatable bonds is 4. The molecule has 0 spiro atoms. The summed E-state index contributed by atoms with van der Waals surface area (Å²) in [6.07, 6.45) is 9.90. The zero-order chi connectivity index (χ0) is 12.8. The maximum atomic E-state index is 5.79. The van der Waals surface area contributed by atoms with Crippen molar-refractivity contribution in [1.29, 1.82) is 0 Å². The van der Waals surface area contributed by atoms with E-state index in [9.17, 15) is 0 Å². The third-order valence-electron chi connectivity index (χ3n) is 3.33. The molecule has 0 unspecified atom stereocenters. The fraction of sp³-hybridized carbons (Fsp3) is 0.667. The van der Waals surface area contributed by atoms with E-state index in [1.807, 2.05) is 32.2 Å². The fourth-order valence-corrected chi connectivity index (χ4v) is 2.47. The lowest BCUT2D eigenvalue weighted by Crippen LogP contribution is -2.20. The van der Waals surface area contributed by atoms with Crippen LogP contribution < -0.4 is 10.1 Å². The Hall–Kier alpha value is -1.25. The largest absolute Gasteiger partial charge is 0.487 e. The standard InChI is InChI=1S/C15H24N2O/c1-12(2)18-14-10-7-11-16-15(14)17-13-8-5-3-4-6-9-13/h7,10-13H,3-6,8-9H2,1-2H3,(H,16,17). The highest BCUT2D eigenvalue weighted by atomic mass is 16.5. The van der Waals surface area contributed by atoms with E-state index in [0.717, 1.165) is 11.6 Å². The molecule has 1 heterocycles. The van der Waals surface area contributed by atoms with Crippen molar-refractivity contribution >= 4 is 5.82 Å². The molecule has 0 aliphatic heterocycles. The first-order chi connectivity index (χ1) is 8.75. The van der Waals surface area contributed by atoms with Gasteiger partial charge in [-0.15, -0.1) is 0 Å². The molecule has 0 amide bonds. The molecule has 18 heavy (non-hydrogen) atoms. The van der Waals surface area contributed by atoms with Crippen LogP contribution in [0.2, 0.25) is 0 Å². The quantitative estimate of drug-likeness (QED) is 0.818. The van der Waals surface area contributed by atoms with Crippen LogP contribution in [0, 0.1) is 0 Å². The summed E-state index contributed by atoms with van der Waals surface area (Å²) in [5.41, 5.74) is 0. The molecule has 0 aromatic carbocycles. The third-order valence-corrected chi connectivity index (χ3v) is 3.33. The van der Waals surface area contributed by atoms with Crippen molar-refractivity contribution in [3.8, 4) is 5.75 Å². The van der Waals surface area contributed by atoms with Gasteiger partial charge in [-0.1, -0.05) is 25.7 Å². The van der Waals surface area contributed by atoms with Crippen molar-refractivity contribution in [2.24, 2.45) is 0 Å². The number of nitrogens with one attached hydrogen (secondary N) is 1. The number of nitrogens with zero attached hydrogens (tertiary/aromatic N) is 1. The molecule has 1 N–H and O–H groups in total. The SMILES string of the molecule is CC(C)Oc1cccnc1NC1CCCCCC1. The molecule has 100 valence electrons. The van der Waals surface area contributed by atoms with Crippen molar-refractivity contribution in [3.05, 3.63) is 18.3 Å². The van der Waals surface area contributed by atoms with Gasteiger partial charge in [-0.05, 0) is 38.8 Å². The molecule has 3 nitrogen and oxygen atoms in total. The van der Waals surface area contributed by atoms with E-state index in [1.165, 1.54) is 38.5 Å². The van der Waals surface area contributed by atoms with Gasteiger partial charge in [0, 0.05) is 12.2 Å². The van der Waals surface area contributed by atoms with Gasteiger partial charge in [0.1, 0.15) is 0 Å². The minimum atomic E-state index is 0.184. The van der Waals surface area contributed by atoms with Gasteiger partial charge < -0.3 is 10.1 Å². The molecule has 1 saturated carbocycles. The fourth-order valence-electron chi connectivity index (χ4n) is 2.47. The Kier molecular flexibility index (Phi) is 4.85. The van der Waals surface area contributed by atoms with Crippen molar-refractivity contribution < 1.29 is 4.74 Å². The predicted molar refractivity (Wildman–Crippen MR) is 75.1 cm³/mol. The first kappa shape index (κ1) is 13.2. The maximum absolute atomic E-state index is 5.79. The van der Waals surface area contributed by atoms with E-state index in [1.54, 1.807) is 0 Å². The lowest BCUT2D eigenvalue weighted by Gasteiger charge is -2.20. The van der Waals surface area contributed by atoms with Crippen LogP contribution in [-0.2, 0) is 0 Å². The number of anilines is 1. The molecular weight excluding hydrogens is 224 g/mol. The molecule has 1 aromatic heterocycles. The summed E-state index contributed by atoms with van der Waals surface area (Å²) in [5, 5.41) is 3.56. The van der Waals surface area contributed by atoms with Crippen LogP contribution in [-0.4, -0.2) is 17.1 Å². The summed E-state index contributed by atoms with van der Waals surface area (Å²) in [4.78, 5) is 4.42. The second-order valence-corrected chi connectivity index (χ2v) is 5.35. The zero-order valence-electron chi connectivity index (χ0n) is 11.5. The minimum Gasteiger partial charge on any atom is -0.487 e. The first-order valence-electron chi connectivity index (χ1n) is 7.14. The van der Waals surface area contributed by atoms with Crippen LogP contribution in [0.15, 0.2) is 18.3 Å². The minimum absolute atomic E-state index is 0.184. The average Bonchev–Trinajstić information content (AvgIpc) is 2.60. The monoisotopic (exact) mass is 248 g/mol. The third kappa shape index (κ3) is 3.90. The summed E-state index contributed by atoms with van der Waals surface area (Å²) in [7, 11) is 0. The Balaban J connectivity index is 2.02. The van der Waals surface area contributed by atoms with E-state index in [2.05, 4.69) is 10.3 Å². The Morgan fingerprint density at radius 1 is 1.22 bits per heavy atom. The summed E-state index contributed by atoms with van der Waals surface area (Å²) in [6.45, 7) is 4.09. The van der Waals surface area contributed by atoms with Gasteiger partial charge in [0.2, 0.25) is 0 Å². The topological polar surface area (TPSA) is 34.1 Å². The lowest BCUT2D eigenvalue weighted by atomic mass is 10.1. The van der Waals surface area contributed by atoms with Crippen LogP contribution in [0.25, 0.3) is 0 Å². The Morgan fingerprint density at radius 3 is 2.61 bits per heavy atom. The molecule has 0 saturated heterocycles. The Labute approximate surface area is 110 Å². The summed E-state index contributed by atoms with van der Waals surface area (Å²) < 4.78 is 5.79. The van der Waals surface area contributed by atoms with Gasteiger partial charge in [-0.25, -0.2) is 4.98 Å². The summed E-state index contributed by atoms with van der Waals surface area (Å²) in [6, 6.07) is 4.47. The van der Waals surface area contributed by atoms with Crippen LogP contribution in [0.5, 0.6) is 5.75 Å². The second kappa shape index (κ2) is 6.62. The smallest absolute Gasteiger partial charge is 0.168 e. The van der Waals surface area contributed by atoms with E-state index < -0.39 is 0 Å². The van der Waals surface area contributed by atoms with Crippen LogP contribution in [0.4, 0.5) is 5.82 Å². The average molecular weight is 248 g/mol. The van der Waals surface area contributed by atoms with Gasteiger partial charge in [0.25, 0.3) is 0 Å². The number of pyridine rings is 1. The highest BCUT2D eigenvalue weighted by Crippen LogP contribution is 2.26. The number of hydrogen-bond acceptors (Lipinski definition) is 3. The highest BCUT2D eigenvalue weighted by molar-refractivity contribution is 5.50. The molecule has 3 heteroatoms. The highest BCUT2D eigenvalue weighted by Gasteiger charge is 2.15. The zero-order valence-corrected chi connectivity index (χ0v) is 11.5. The second-order valence-electron chi connectivity index (χ2n) is 5.35. The molecule has 2 rings (SSSR count). The molecule has 0 atom stereocenters.